The molecule has 0 unspecified atom stereocenters. The Bertz CT molecular complexity index is 1190. The summed E-state index contributed by atoms with van der Waals surface area (Å²) in [5.41, 5.74) is 2.56. The van der Waals surface area contributed by atoms with E-state index in [1.54, 1.807) is 17.9 Å². The van der Waals surface area contributed by atoms with Gasteiger partial charge in [-0.05, 0) is 74.8 Å². The molecule has 3 aromatic rings. The smallest absolute Gasteiger partial charge is 0.354 e. The van der Waals surface area contributed by atoms with Crippen LogP contribution in [0.4, 0.5) is 5.82 Å². The number of hydrogen-bond donors (Lipinski definition) is 1. The van der Waals surface area contributed by atoms with Crippen LogP contribution in [0.25, 0.3) is 16.6 Å². The summed E-state index contributed by atoms with van der Waals surface area (Å²) in [6, 6.07) is 14.3. The maximum atomic E-state index is 13.1. The van der Waals surface area contributed by atoms with E-state index < -0.39 is 7.14 Å². The average molecular weight is 393 g/mol. The first kappa shape index (κ1) is 17.7. The Balaban J connectivity index is 1.75. The number of nitrogens with one attached hydrogen (secondary N) is 1. The quantitative estimate of drug-likeness (QED) is 0.664. The Morgan fingerprint density at radius 3 is 2.54 bits per heavy atom. The van der Waals surface area contributed by atoms with Crippen molar-refractivity contribution in [3.05, 3.63) is 58.5 Å². The molecule has 0 radical (unpaired) electrons. The lowest BCUT2D eigenvalue weighted by atomic mass is 10.1. The van der Waals surface area contributed by atoms with Gasteiger partial charge in [0.25, 0.3) is 0 Å². The average Bonchev–Trinajstić information content (AvgIpc) is 3.54. The van der Waals surface area contributed by atoms with E-state index in [0.29, 0.717) is 17.8 Å². The molecular formula is C22H24N3O2P. The summed E-state index contributed by atoms with van der Waals surface area (Å²) >= 11 is 0. The summed E-state index contributed by atoms with van der Waals surface area (Å²) in [5.74, 6) is 1.27. The van der Waals surface area contributed by atoms with Gasteiger partial charge in [-0.2, -0.15) is 4.98 Å². The molecule has 5 rings (SSSR count). The maximum absolute atomic E-state index is 13.1. The predicted octanol–water partition coefficient (Wildman–Crippen LogP) is 4.09. The third-order valence-corrected chi connectivity index (χ3v) is 7.12. The minimum atomic E-state index is -2.42. The van der Waals surface area contributed by atoms with Gasteiger partial charge in [-0.1, -0.05) is 18.2 Å². The summed E-state index contributed by atoms with van der Waals surface area (Å²) in [6.07, 6.45) is 4.66. The van der Waals surface area contributed by atoms with Crippen LogP contribution in [0.15, 0.2) is 47.3 Å². The summed E-state index contributed by atoms with van der Waals surface area (Å²) in [6.45, 7) is 3.50. The highest BCUT2D eigenvalue weighted by Gasteiger charge is 2.26. The third kappa shape index (κ3) is 3.29. The molecule has 0 spiro atoms. The molecule has 0 aliphatic heterocycles. The number of hydrogen-bond acceptors (Lipinski definition) is 4. The van der Waals surface area contributed by atoms with Gasteiger partial charge in [0, 0.05) is 16.7 Å². The number of anilines is 1. The first-order valence-corrected chi connectivity index (χ1v) is 12.5. The molecular weight excluding hydrogens is 369 g/mol. The highest BCUT2D eigenvalue weighted by atomic mass is 31.2. The van der Waals surface area contributed by atoms with Crippen LogP contribution in [0.2, 0.25) is 0 Å². The normalized spacial score (nSPS) is 17.1. The van der Waals surface area contributed by atoms with Crippen LogP contribution in [-0.2, 0) is 4.57 Å². The van der Waals surface area contributed by atoms with Crippen LogP contribution in [0.3, 0.4) is 0 Å². The largest absolute Gasteiger partial charge is 0.367 e. The van der Waals surface area contributed by atoms with E-state index in [0.717, 1.165) is 34.7 Å². The van der Waals surface area contributed by atoms with E-state index in [1.165, 1.54) is 18.4 Å². The second kappa shape index (κ2) is 6.31. The zero-order chi connectivity index (χ0) is 19.5. The van der Waals surface area contributed by atoms with Gasteiger partial charge in [0.2, 0.25) is 0 Å². The molecule has 1 aromatic heterocycles. The van der Waals surface area contributed by atoms with Crippen LogP contribution in [0, 0.1) is 0 Å². The molecule has 0 saturated heterocycles. The Labute approximate surface area is 164 Å². The van der Waals surface area contributed by atoms with Gasteiger partial charge in [-0.3, -0.25) is 4.57 Å². The van der Waals surface area contributed by atoms with Gasteiger partial charge in [0.05, 0.1) is 11.2 Å². The number of nitrogens with zero attached hydrogens (tertiary/aromatic N) is 2. The predicted molar refractivity (Wildman–Crippen MR) is 115 cm³/mol. The van der Waals surface area contributed by atoms with Crippen LogP contribution in [0.1, 0.15) is 37.2 Å². The lowest BCUT2D eigenvalue weighted by Crippen LogP contribution is -2.24. The fourth-order valence-corrected chi connectivity index (χ4v) is 4.55. The van der Waals surface area contributed by atoms with Gasteiger partial charge in [-0.15, -0.1) is 0 Å². The minimum absolute atomic E-state index is 0.303. The van der Waals surface area contributed by atoms with Crippen molar-refractivity contribution in [2.75, 3.05) is 18.6 Å². The highest BCUT2D eigenvalue weighted by molar-refractivity contribution is 7.70. The van der Waals surface area contributed by atoms with E-state index >= 15 is 0 Å². The third-order valence-electron chi connectivity index (χ3n) is 5.59. The molecule has 1 heterocycles. The standard InChI is InChI=1S/C22H24N3O2P/c1-28(2,27)18-5-3-4-17(13-18)25-20-12-15(14-6-7-14)8-11-19(20)21(24-22(25)26)23-16-9-10-16/h3-5,8,11-14,16H,6-7,9-10H2,1-2H3,(H,23,24,26). The molecule has 5 nitrogen and oxygen atoms in total. The molecule has 144 valence electrons. The van der Waals surface area contributed by atoms with Crippen molar-refractivity contribution in [3.8, 4) is 5.69 Å². The molecule has 0 amide bonds. The number of aromatic nitrogens is 2. The molecule has 1 N–H and O–H groups in total. The maximum Gasteiger partial charge on any atom is 0.354 e. The Morgan fingerprint density at radius 2 is 1.86 bits per heavy atom. The summed E-state index contributed by atoms with van der Waals surface area (Å²) in [4.78, 5) is 17.4. The first-order chi connectivity index (χ1) is 13.4. The molecule has 6 heteroatoms. The lowest BCUT2D eigenvalue weighted by Gasteiger charge is -2.16. The molecule has 2 aliphatic rings. The Hall–Kier alpha value is -2.39. The van der Waals surface area contributed by atoms with Gasteiger partial charge in [0.15, 0.2) is 0 Å². The van der Waals surface area contributed by atoms with Crippen molar-refractivity contribution in [1.29, 1.82) is 0 Å². The van der Waals surface area contributed by atoms with Gasteiger partial charge in [0.1, 0.15) is 13.0 Å². The van der Waals surface area contributed by atoms with E-state index in [-0.39, 0.29) is 5.69 Å². The van der Waals surface area contributed by atoms with Crippen molar-refractivity contribution in [3.63, 3.8) is 0 Å². The van der Waals surface area contributed by atoms with E-state index in [9.17, 15) is 9.36 Å². The number of fused-ring (bicyclic) bond motifs is 1. The van der Waals surface area contributed by atoms with Crippen molar-refractivity contribution < 1.29 is 4.57 Å². The number of rotatable bonds is 5. The topological polar surface area (TPSA) is 64.0 Å². The SMILES string of the molecule is CP(C)(=O)c1cccc(-n2c(=O)nc(NC3CC3)c3ccc(C4CC4)cc32)c1. The molecule has 28 heavy (non-hydrogen) atoms. The van der Waals surface area contributed by atoms with Crippen LogP contribution in [-0.4, -0.2) is 28.9 Å². The monoisotopic (exact) mass is 393 g/mol. The second-order valence-corrected chi connectivity index (χ2v) is 11.6. The van der Waals surface area contributed by atoms with Crippen molar-refractivity contribution >= 4 is 29.2 Å². The second-order valence-electron chi connectivity index (χ2n) is 8.42. The lowest BCUT2D eigenvalue weighted by molar-refractivity contribution is 0.588. The zero-order valence-electron chi connectivity index (χ0n) is 16.2. The fraction of sp³-hybridized carbons (Fsp3) is 0.364. The van der Waals surface area contributed by atoms with Gasteiger partial charge < -0.3 is 9.88 Å². The molecule has 0 atom stereocenters. The molecule has 2 aromatic carbocycles. The summed E-state index contributed by atoms with van der Waals surface area (Å²) in [7, 11) is -2.42. The van der Waals surface area contributed by atoms with E-state index in [2.05, 4.69) is 28.5 Å². The van der Waals surface area contributed by atoms with Crippen LogP contribution in [0.5, 0.6) is 0 Å². The van der Waals surface area contributed by atoms with Gasteiger partial charge >= 0.3 is 5.69 Å². The zero-order valence-corrected chi connectivity index (χ0v) is 17.1. The number of benzene rings is 2. The highest BCUT2D eigenvalue weighted by Crippen LogP contribution is 2.41. The van der Waals surface area contributed by atoms with Crippen LogP contribution < -0.4 is 16.3 Å². The van der Waals surface area contributed by atoms with E-state index in [1.807, 2.05) is 24.3 Å². The minimum Gasteiger partial charge on any atom is -0.367 e. The van der Waals surface area contributed by atoms with Crippen molar-refractivity contribution in [2.45, 2.75) is 37.6 Å². The molecule has 2 fully saturated rings. The van der Waals surface area contributed by atoms with Crippen molar-refractivity contribution in [1.82, 2.24) is 9.55 Å². The van der Waals surface area contributed by atoms with E-state index in [4.69, 9.17) is 0 Å². The summed E-state index contributed by atoms with van der Waals surface area (Å²) < 4.78 is 14.2. The molecule has 0 bridgehead atoms. The van der Waals surface area contributed by atoms with Crippen LogP contribution >= 0.6 is 7.14 Å². The molecule has 2 aliphatic carbocycles. The van der Waals surface area contributed by atoms with Gasteiger partial charge in [-0.25, -0.2) is 4.79 Å². The molecule has 2 saturated carbocycles. The Kier molecular flexibility index (Phi) is 3.99. The van der Waals surface area contributed by atoms with Crippen molar-refractivity contribution in [2.24, 2.45) is 0 Å². The Morgan fingerprint density at radius 1 is 1.07 bits per heavy atom. The first-order valence-electron chi connectivity index (χ1n) is 9.89. The fourth-order valence-electron chi connectivity index (χ4n) is 3.66. The summed E-state index contributed by atoms with van der Waals surface area (Å²) in [5, 5.41) is 5.13.